The van der Waals surface area contributed by atoms with E-state index in [0.29, 0.717) is 16.6 Å². The third kappa shape index (κ3) is 3.76. The summed E-state index contributed by atoms with van der Waals surface area (Å²) in [4.78, 5) is 14.8. The highest BCUT2D eigenvalue weighted by Gasteiger charge is 2.33. The van der Waals surface area contributed by atoms with Gasteiger partial charge in [-0.25, -0.2) is 0 Å². The normalized spacial score (nSPS) is 18.2. The highest BCUT2D eigenvalue weighted by Crippen LogP contribution is 2.41. The van der Waals surface area contributed by atoms with Crippen LogP contribution in [0.3, 0.4) is 0 Å². The molecule has 1 unspecified atom stereocenters. The second-order valence-corrected chi connectivity index (χ2v) is 7.25. The highest BCUT2D eigenvalue weighted by atomic mass is 35.5. The lowest BCUT2D eigenvalue weighted by molar-refractivity contribution is 0.0925. The van der Waals surface area contributed by atoms with Crippen molar-refractivity contribution in [1.82, 2.24) is 15.5 Å². The van der Waals surface area contributed by atoms with E-state index in [4.69, 9.17) is 11.6 Å². The van der Waals surface area contributed by atoms with Crippen molar-refractivity contribution >= 4 is 23.3 Å². The fourth-order valence-corrected chi connectivity index (χ4v) is 3.48. The van der Waals surface area contributed by atoms with Crippen LogP contribution >= 0.6 is 11.6 Å². The molecule has 130 valence electrons. The molecular weight excluding hydrogens is 336 g/mol. The number of halogens is 1. The predicted octanol–water partition coefficient (Wildman–Crippen LogP) is 3.61. The van der Waals surface area contributed by atoms with Gasteiger partial charge in [0, 0.05) is 18.1 Å². The van der Waals surface area contributed by atoms with Crippen LogP contribution in [0.25, 0.3) is 0 Å². The van der Waals surface area contributed by atoms with Gasteiger partial charge in [-0.2, -0.15) is 0 Å². The van der Waals surface area contributed by atoms with E-state index in [-0.39, 0.29) is 11.9 Å². The van der Waals surface area contributed by atoms with E-state index in [1.165, 1.54) is 12.8 Å². The standard InChI is InChI=1S/C19H21ClN4O/c20-15-7-5-14(6-8-15)18(13-3-4-13)21-19(25)16-9-10-17(23-22-16)24-11-1-2-12-24/h5-10,13,18H,1-4,11-12H2,(H,21,25). The van der Waals surface area contributed by atoms with E-state index >= 15 is 0 Å². The van der Waals surface area contributed by atoms with Gasteiger partial charge in [0.1, 0.15) is 0 Å². The molecule has 1 aromatic carbocycles. The first kappa shape index (κ1) is 16.3. The minimum absolute atomic E-state index is 0.00447. The second-order valence-electron chi connectivity index (χ2n) is 6.81. The number of anilines is 1. The van der Waals surface area contributed by atoms with Crippen molar-refractivity contribution in [2.24, 2.45) is 5.92 Å². The summed E-state index contributed by atoms with van der Waals surface area (Å²) >= 11 is 5.97. The van der Waals surface area contributed by atoms with E-state index in [0.717, 1.165) is 37.3 Å². The molecule has 5 nitrogen and oxygen atoms in total. The Morgan fingerprint density at radius 2 is 1.80 bits per heavy atom. The van der Waals surface area contributed by atoms with Crippen molar-refractivity contribution in [3.8, 4) is 0 Å². The van der Waals surface area contributed by atoms with Gasteiger partial charge in [-0.3, -0.25) is 4.79 Å². The van der Waals surface area contributed by atoms with Crippen LogP contribution in [-0.4, -0.2) is 29.2 Å². The zero-order valence-electron chi connectivity index (χ0n) is 14.0. The minimum atomic E-state index is -0.174. The van der Waals surface area contributed by atoms with Gasteiger partial charge >= 0.3 is 0 Å². The monoisotopic (exact) mass is 356 g/mol. The first-order chi connectivity index (χ1) is 12.2. The molecule has 1 atom stereocenters. The molecule has 1 saturated carbocycles. The number of carbonyl (C=O) groups excluding carboxylic acids is 1. The van der Waals surface area contributed by atoms with Gasteiger partial charge in [0.15, 0.2) is 11.5 Å². The maximum atomic E-state index is 12.6. The van der Waals surface area contributed by atoms with E-state index in [2.05, 4.69) is 20.4 Å². The Kier molecular flexibility index (Phi) is 4.57. The molecule has 25 heavy (non-hydrogen) atoms. The number of hydrogen-bond donors (Lipinski definition) is 1. The summed E-state index contributed by atoms with van der Waals surface area (Å²) in [5, 5.41) is 12.2. The average Bonchev–Trinajstić information content (AvgIpc) is 3.33. The van der Waals surface area contributed by atoms with Crippen molar-refractivity contribution in [1.29, 1.82) is 0 Å². The molecule has 6 heteroatoms. The van der Waals surface area contributed by atoms with Gasteiger partial charge in [-0.15, -0.1) is 10.2 Å². The second kappa shape index (κ2) is 7.00. The van der Waals surface area contributed by atoms with Crippen LogP contribution < -0.4 is 10.2 Å². The lowest BCUT2D eigenvalue weighted by Gasteiger charge is -2.19. The number of amides is 1. The van der Waals surface area contributed by atoms with Crippen LogP contribution in [0.15, 0.2) is 36.4 Å². The molecule has 1 saturated heterocycles. The molecule has 2 fully saturated rings. The van der Waals surface area contributed by atoms with Crippen LogP contribution in [0.2, 0.25) is 5.02 Å². The summed E-state index contributed by atoms with van der Waals surface area (Å²) < 4.78 is 0. The van der Waals surface area contributed by atoms with Gasteiger partial charge in [0.25, 0.3) is 5.91 Å². The molecule has 2 aliphatic rings. The van der Waals surface area contributed by atoms with Crippen molar-refractivity contribution in [3.05, 3.63) is 52.7 Å². The number of carbonyl (C=O) groups is 1. The Morgan fingerprint density at radius 3 is 2.40 bits per heavy atom. The Hall–Kier alpha value is -2.14. The van der Waals surface area contributed by atoms with Crippen molar-refractivity contribution in [3.63, 3.8) is 0 Å². The summed E-state index contributed by atoms with van der Waals surface area (Å²) in [5.41, 5.74) is 1.45. The van der Waals surface area contributed by atoms with E-state index in [1.54, 1.807) is 6.07 Å². The fraction of sp³-hybridized carbons (Fsp3) is 0.421. The maximum absolute atomic E-state index is 12.6. The summed E-state index contributed by atoms with van der Waals surface area (Å²) in [6, 6.07) is 11.3. The summed E-state index contributed by atoms with van der Waals surface area (Å²) in [6.45, 7) is 2.03. The van der Waals surface area contributed by atoms with Crippen LogP contribution in [0, 0.1) is 5.92 Å². The largest absolute Gasteiger partial charge is 0.355 e. The van der Waals surface area contributed by atoms with Crippen LogP contribution in [-0.2, 0) is 0 Å². The molecular formula is C19H21ClN4O. The Balaban J connectivity index is 1.46. The number of hydrogen-bond acceptors (Lipinski definition) is 4. The molecule has 4 rings (SSSR count). The Morgan fingerprint density at radius 1 is 1.08 bits per heavy atom. The van der Waals surface area contributed by atoms with Crippen molar-refractivity contribution in [2.45, 2.75) is 31.7 Å². The van der Waals surface area contributed by atoms with Gasteiger partial charge in [0.05, 0.1) is 6.04 Å². The molecule has 0 spiro atoms. The first-order valence-corrected chi connectivity index (χ1v) is 9.23. The molecule has 1 aromatic heterocycles. The van der Waals surface area contributed by atoms with Gasteiger partial charge in [0.2, 0.25) is 0 Å². The molecule has 0 radical (unpaired) electrons. The molecule has 1 amide bonds. The number of nitrogens with one attached hydrogen (secondary N) is 1. The fourth-order valence-electron chi connectivity index (χ4n) is 3.35. The smallest absolute Gasteiger partial charge is 0.272 e. The maximum Gasteiger partial charge on any atom is 0.272 e. The summed E-state index contributed by atoms with van der Waals surface area (Å²) in [6.07, 6.45) is 4.64. The van der Waals surface area contributed by atoms with Gasteiger partial charge in [-0.05, 0) is 61.4 Å². The Bertz CT molecular complexity index is 737. The van der Waals surface area contributed by atoms with Crippen molar-refractivity contribution in [2.75, 3.05) is 18.0 Å². The zero-order chi connectivity index (χ0) is 17.2. The Labute approximate surface area is 152 Å². The first-order valence-electron chi connectivity index (χ1n) is 8.86. The lowest BCUT2D eigenvalue weighted by atomic mass is 10.0. The molecule has 2 aromatic rings. The quantitative estimate of drug-likeness (QED) is 0.889. The van der Waals surface area contributed by atoms with E-state index in [9.17, 15) is 4.79 Å². The predicted molar refractivity (Wildman–Crippen MR) is 97.9 cm³/mol. The van der Waals surface area contributed by atoms with Crippen LogP contribution in [0.4, 0.5) is 5.82 Å². The minimum Gasteiger partial charge on any atom is -0.355 e. The van der Waals surface area contributed by atoms with Crippen molar-refractivity contribution < 1.29 is 4.79 Å². The summed E-state index contributed by atoms with van der Waals surface area (Å²) in [7, 11) is 0. The van der Waals surface area contributed by atoms with E-state index < -0.39 is 0 Å². The third-order valence-electron chi connectivity index (χ3n) is 4.92. The molecule has 1 aliphatic carbocycles. The van der Waals surface area contributed by atoms with Crippen LogP contribution in [0.1, 0.15) is 47.8 Å². The van der Waals surface area contributed by atoms with Gasteiger partial charge < -0.3 is 10.2 Å². The topological polar surface area (TPSA) is 58.1 Å². The molecule has 1 N–H and O–H groups in total. The lowest BCUT2D eigenvalue weighted by Crippen LogP contribution is -2.31. The zero-order valence-corrected chi connectivity index (χ0v) is 14.7. The number of aromatic nitrogens is 2. The SMILES string of the molecule is O=C(NC(c1ccc(Cl)cc1)C1CC1)c1ccc(N2CCCC2)nn1. The van der Waals surface area contributed by atoms with Crippen LogP contribution in [0.5, 0.6) is 0 Å². The summed E-state index contributed by atoms with van der Waals surface area (Å²) in [5.74, 6) is 1.17. The highest BCUT2D eigenvalue weighted by molar-refractivity contribution is 6.30. The third-order valence-corrected chi connectivity index (χ3v) is 5.17. The molecule has 1 aliphatic heterocycles. The number of benzene rings is 1. The number of nitrogens with zero attached hydrogens (tertiary/aromatic N) is 3. The number of rotatable bonds is 5. The molecule has 2 heterocycles. The molecule has 0 bridgehead atoms. The van der Waals surface area contributed by atoms with Gasteiger partial charge in [-0.1, -0.05) is 23.7 Å². The average molecular weight is 357 g/mol. The van der Waals surface area contributed by atoms with E-state index in [1.807, 2.05) is 30.3 Å².